The average molecular weight is 407 g/mol. The summed E-state index contributed by atoms with van der Waals surface area (Å²) in [6.07, 6.45) is -2.37. The number of likely N-dealkylation sites (tertiary alicyclic amines) is 1. The third-order valence-electron chi connectivity index (χ3n) is 5.10. The van der Waals surface area contributed by atoms with Crippen molar-refractivity contribution in [2.75, 3.05) is 13.1 Å². The smallest absolute Gasteiger partial charge is 0.342 e. The van der Waals surface area contributed by atoms with Gasteiger partial charge in [0.15, 0.2) is 5.69 Å². The van der Waals surface area contributed by atoms with Crippen LogP contribution in [0.15, 0.2) is 36.7 Å². The molecule has 0 spiro atoms. The number of benzene rings is 1. The molecular formula is C19H17F4N5O. The minimum atomic E-state index is -4.57. The molecule has 152 valence electrons. The first kappa shape index (κ1) is 19.3. The van der Waals surface area contributed by atoms with Gasteiger partial charge in [-0.05, 0) is 36.6 Å². The van der Waals surface area contributed by atoms with Crippen molar-refractivity contribution >= 4 is 11.7 Å². The molecule has 2 aromatic heterocycles. The van der Waals surface area contributed by atoms with Crippen molar-refractivity contribution in [3.05, 3.63) is 59.4 Å². The predicted molar refractivity (Wildman–Crippen MR) is 94.4 cm³/mol. The van der Waals surface area contributed by atoms with Gasteiger partial charge in [-0.3, -0.25) is 4.79 Å². The number of rotatable bonds is 3. The summed E-state index contributed by atoms with van der Waals surface area (Å²) >= 11 is 0. The lowest BCUT2D eigenvalue weighted by Gasteiger charge is -2.32. The van der Waals surface area contributed by atoms with E-state index in [9.17, 15) is 22.4 Å². The maximum Gasteiger partial charge on any atom is 0.433 e. The maximum absolute atomic E-state index is 13.3. The van der Waals surface area contributed by atoms with Gasteiger partial charge >= 0.3 is 6.18 Å². The van der Waals surface area contributed by atoms with Gasteiger partial charge in [-0.2, -0.15) is 27.8 Å². The Hall–Kier alpha value is -3.04. The second-order valence-electron chi connectivity index (χ2n) is 6.99. The molecule has 29 heavy (non-hydrogen) atoms. The van der Waals surface area contributed by atoms with Gasteiger partial charge in [-0.25, -0.2) is 9.37 Å². The normalized spacial score (nSPS) is 15.8. The number of carbonyl (C=O) groups is 1. The summed E-state index contributed by atoms with van der Waals surface area (Å²) in [5.74, 6) is -0.749. The fourth-order valence-electron chi connectivity index (χ4n) is 3.55. The van der Waals surface area contributed by atoms with E-state index in [0.717, 1.165) is 12.4 Å². The van der Waals surface area contributed by atoms with Crippen molar-refractivity contribution in [2.45, 2.75) is 31.4 Å². The van der Waals surface area contributed by atoms with Crippen LogP contribution in [-0.2, 0) is 17.4 Å². The standard InChI is InChI=1S/C19H17F4N5O/c20-14-3-1-12(2-4-14)9-17(29)27-7-5-13(6-8-27)15-10-16(19(21,22)23)28-18(26-15)24-11-25-28/h1-4,10-11,13H,5-9H2. The van der Waals surface area contributed by atoms with Crippen LogP contribution in [0, 0.1) is 5.82 Å². The Bertz CT molecular complexity index is 1020. The number of nitrogens with zero attached hydrogens (tertiary/aromatic N) is 5. The van der Waals surface area contributed by atoms with E-state index in [1.165, 1.54) is 12.1 Å². The number of carbonyl (C=O) groups excluding carboxylic acids is 1. The van der Waals surface area contributed by atoms with Crippen LogP contribution in [0.3, 0.4) is 0 Å². The molecule has 0 saturated carbocycles. The number of hydrogen-bond acceptors (Lipinski definition) is 4. The van der Waals surface area contributed by atoms with E-state index in [-0.39, 0.29) is 29.8 Å². The van der Waals surface area contributed by atoms with Gasteiger partial charge in [-0.15, -0.1) is 0 Å². The van der Waals surface area contributed by atoms with Crippen molar-refractivity contribution < 1.29 is 22.4 Å². The van der Waals surface area contributed by atoms with Gasteiger partial charge in [0.2, 0.25) is 5.91 Å². The van der Waals surface area contributed by atoms with E-state index >= 15 is 0 Å². The van der Waals surface area contributed by atoms with E-state index in [1.807, 2.05) is 0 Å². The summed E-state index contributed by atoms with van der Waals surface area (Å²) in [4.78, 5) is 22.2. The molecule has 0 aliphatic carbocycles. The van der Waals surface area contributed by atoms with Crippen LogP contribution in [-0.4, -0.2) is 43.5 Å². The van der Waals surface area contributed by atoms with Gasteiger partial charge in [-0.1, -0.05) is 12.1 Å². The zero-order valence-corrected chi connectivity index (χ0v) is 15.2. The highest BCUT2D eigenvalue weighted by Crippen LogP contribution is 2.33. The molecule has 4 rings (SSSR count). The van der Waals surface area contributed by atoms with Crippen LogP contribution in [0.2, 0.25) is 0 Å². The molecule has 1 aliphatic heterocycles. The molecule has 3 heterocycles. The lowest BCUT2D eigenvalue weighted by molar-refractivity contribution is -0.142. The summed E-state index contributed by atoms with van der Waals surface area (Å²) in [6, 6.07) is 6.76. The number of piperidine rings is 1. The third-order valence-corrected chi connectivity index (χ3v) is 5.10. The molecule has 1 fully saturated rings. The van der Waals surface area contributed by atoms with Crippen LogP contribution in [0.5, 0.6) is 0 Å². The molecule has 1 aliphatic rings. The zero-order chi connectivity index (χ0) is 20.6. The highest BCUT2D eigenvalue weighted by Gasteiger charge is 2.36. The Morgan fingerprint density at radius 2 is 1.83 bits per heavy atom. The molecular weight excluding hydrogens is 390 g/mol. The van der Waals surface area contributed by atoms with E-state index in [1.54, 1.807) is 17.0 Å². The fourth-order valence-corrected chi connectivity index (χ4v) is 3.55. The van der Waals surface area contributed by atoms with Gasteiger partial charge in [0.1, 0.15) is 12.1 Å². The van der Waals surface area contributed by atoms with Crippen molar-refractivity contribution in [3.8, 4) is 0 Å². The van der Waals surface area contributed by atoms with E-state index in [0.29, 0.717) is 41.7 Å². The highest BCUT2D eigenvalue weighted by molar-refractivity contribution is 5.78. The summed E-state index contributed by atoms with van der Waals surface area (Å²) in [5, 5.41) is 3.60. The Morgan fingerprint density at radius 3 is 2.48 bits per heavy atom. The fraction of sp³-hybridized carbons (Fsp3) is 0.368. The van der Waals surface area contributed by atoms with E-state index < -0.39 is 11.9 Å². The monoisotopic (exact) mass is 407 g/mol. The van der Waals surface area contributed by atoms with Crippen LogP contribution in [0.25, 0.3) is 5.78 Å². The number of amides is 1. The molecule has 0 N–H and O–H groups in total. The van der Waals surface area contributed by atoms with Crippen LogP contribution < -0.4 is 0 Å². The third kappa shape index (κ3) is 4.06. The van der Waals surface area contributed by atoms with Crippen LogP contribution in [0.4, 0.5) is 17.6 Å². The number of hydrogen-bond donors (Lipinski definition) is 0. The first-order valence-electron chi connectivity index (χ1n) is 9.11. The molecule has 1 amide bonds. The first-order valence-corrected chi connectivity index (χ1v) is 9.11. The molecule has 1 aromatic carbocycles. The lowest BCUT2D eigenvalue weighted by Crippen LogP contribution is -2.39. The van der Waals surface area contributed by atoms with Crippen molar-refractivity contribution in [3.63, 3.8) is 0 Å². The Balaban J connectivity index is 1.45. The van der Waals surface area contributed by atoms with Gasteiger partial charge < -0.3 is 4.90 Å². The predicted octanol–water partition coefficient (Wildman–Crippen LogP) is 3.23. The maximum atomic E-state index is 13.3. The highest BCUT2D eigenvalue weighted by atomic mass is 19.4. The lowest BCUT2D eigenvalue weighted by atomic mass is 9.92. The number of aromatic nitrogens is 4. The van der Waals surface area contributed by atoms with Gasteiger partial charge in [0.05, 0.1) is 6.42 Å². The van der Waals surface area contributed by atoms with Gasteiger partial charge in [0, 0.05) is 24.7 Å². The Labute approximate surface area is 163 Å². The Morgan fingerprint density at radius 1 is 1.14 bits per heavy atom. The first-order chi connectivity index (χ1) is 13.8. The summed E-state index contributed by atoms with van der Waals surface area (Å²) < 4.78 is 53.7. The average Bonchev–Trinajstić information content (AvgIpc) is 3.17. The largest absolute Gasteiger partial charge is 0.433 e. The zero-order valence-electron chi connectivity index (χ0n) is 15.2. The van der Waals surface area contributed by atoms with Crippen LogP contribution in [0.1, 0.15) is 35.7 Å². The number of halogens is 4. The second kappa shape index (κ2) is 7.41. The molecule has 6 nitrogen and oxygen atoms in total. The molecule has 0 unspecified atom stereocenters. The minimum Gasteiger partial charge on any atom is -0.342 e. The molecule has 1 saturated heterocycles. The second-order valence-corrected chi connectivity index (χ2v) is 6.99. The molecule has 0 radical (unpaired) electrons. The molecule has 10 heteroatoms. The summed E-state index contributed by atoms with van der Waals surface area (Å²) in [6.45, 7) is 0.844. The van der Waals surface area contributed by atoms with E-state index in [2.05, 4.69) is 15.1 Å². The SMILES string of the molecule is O=C(Cc1ccc(F)cc1)N1CCC(c2cc(C(F)(F)F)n3ncnc3n2)CC1. The molecule has 0 atom stereocenters. The number of alkyl halides is 3. The minimum absolute atomic E-state index is 0.0908. The quantitative estimate of drug-likeness (QED) is 0.626. The Kier molecular flexibility index (Phi) is 4.93. The number of fused-ring (bicyclic) bond motifs is 1. The summed E-state index contributed by atoms with van der Waals surface area (Å²) in [7, 11) is 0. The van der Waals surface area contributed by atoms with Crippen molar-refractivity contribution in [1.29, 1.82) is 0 Å². The topological polar surface area (TPSA) is 63.4 Å². The molecule has 0 bridgehead atoms. The van der Waals surface area contributed by atoms with Crippen LogP contribution >= 0.6 is 0 Å². The summed E-state index contributed by atoms with van der Waals surface area (Å²) in [5.41, 5.74) is 0.112. The van der Waals surface area contributed by atoms with Gasteiger partial charge in [0.25, 0.3) is 5.78 Å². The van der Waals surface area contributed by atoms with E-state index in [4.69, 9.17) is 0 Å². The van der Waals surface area contributed by atoms with Crippen molar-refractivity contribution in [1.82, 2.24) is 24.5 Å². The van der Waals surface area contributed by atoms with Crippen molar-refractivity contribution in [2.24, 2.45) is 0 Å². The molecule has 3 aromatic rings.